The summed E-state index contributed by atoms with van der Waals surface area (Å²) >= 11 is 1.46. The van der Waals surface area contributed by atoms with Crippen molar-refractivity contribution >= 4 is 23.2 Å². The van der Waals surface area contributed by atoms with Crippen LogP contribution in [-0.2, 0) is 20.9 Å². The first-order valence-corrected chi connectivity index (χ1v) is 5.16. The fourth-order valence-corrected chi connectivity index (χ4v) is 1.84. The highest BCUT2D eigenvalue weighted by atomic mass is 32.1. The number of ether oxygens (including phenoxy) is 1. The lowest BCUT2D eigenvalue weighted by Crippen LogP contribution is -2.33. The van der Waals surface area contributed by atoms with Crippen LogP contribution >= 0.6 is 11.3 Å². The Kier molecular flexibility index (Phi) is 3.79. The van der Waals surface area contributed by atoms with Crippen molar-refractivity contribution in [3.05, 3.63) is 16.1 Å². The largest absolute Gasteiger partial charge is 0.462 e. The maximum atomic E-state index is 11.3. The van der Waals surface area contributed by atoms with Gasteiger partial charge in [-0.05, 0) is 6.92 Å². The van der Waals surface area contributed by atoms with Gasteiger partial charge in [-0.3, -0.25) is 4.79 Å². The molecule has 0 atom stereocenters. The molecule has 1 aromatic heterocycles. The molecule has 82 valence electrons. The summed E-state index contributed by atoms with van der Waals surface area (Å²) in [5.74, 6) is -1.50. The van der Waals surface area contributed by atoms with Gasteiger partial charge >= 0.3 is 11.9 Å². The average molecular weight is 228 g/mol. The third kappa shape index (κ3) is 2.76. The van der Waals surface area contributed by atoms with Gasteiger partial charge in [-0.1, -0.05) is 0 Å². The van der Waals surface area contributed by atoms with Gasteiger partial charge in [0.15, 0.2) is 0 Å². The zero-order chi connectivity index (χ0) is 11.4. The van der Waals surface area contributed by atoms with Crippen molar-refractivity contribution < 1.29 is 14.3 Å². The van der Waals surface area contributed by atoms with Gasteiger partial charge in [0.2, 0.25) is 0 Å². The number of carbonyl (C=O) groups excluding carboxylic acids is 2. The molecule has 0 aliphatic rings. The van der Waals surface area contributed by atoms with E-state index in [1.165, 1.54) is 23.3 Å². The molecule has 0 fully saturated rings. The van der Waals surface area contributed by atoms with Crippen LogP contribution in [0.15, 0.2) is 5.51 Å². The molecule has 1 amide bonds. The Balaban J connectivity index is 2.64. The number of carbonyl (C=O) groups is 2. The molecule has 0 unspecified atom stereocenters. The van der Waals surface area contributed by atoms with Crippen LogP contribution in [0.4, 0.5) is 0 Å². The van der Waals surface area contributed by atoms with Gasteiger partial charge in [0.1, 0.15) is 0 Å². The average Bonchev–Trinajstić information content (AvgIpc) is 2.62. The van der Waals surface area contributed by atoms with E-state index in [1.807, 2.05) is 6.92 Å². The molecule has 1 aromatic rings. The van der Waals surface area contributed by atoms with Crippen molar-refractivity contribution in [2.75, 3.05) is 14.2 Å². The lowest BCUT2D eigenvalue weighted by molar-refractivity contribution is -0.157. The first-order chi connectivity index (χ1) is 7.06. The normalized spacial score (nSPS) is 9.80. The lowest BCUT2D eigenvalue weighted by Gasteiger charge is -2.14. The van der Waals surface area contributed by atoms with Crippen LogP contribution in [-0.4, -0.2) is 35.9 Å². The fraction of sp³-hybridized carbons (Fsp3) is 0.444. The molecule has 0 N–H and O–H groups in total. The van der Waals surface area contributed by atoms with E-state index >= 15 is 0 Å². The number of aromatic nitrogens is 1. The van der Waals surface area contributed by atoms with Gasteiger partial charge in [0.05, 0.1) is 24.9 Å². The van der Waals surface area contributed by atoms with Crippen molar-refractivity contribution in [1.29, 1.82) is 0 Å². The molecule has 0 saturated heterocycles. The number of rotatable bonds is 2. The summed E-state index contributed by atoms with van der Waals surface area (Å²) < 4.78 is 4.34. The molecule has 15 heavy (non-hydrogen) atoms. The van der Waals surface area contributed by atoms with Crippen LogP contribution in [0.5, 0.6) is 0 Å². The first-order valence-electron chi connectivity index (χ1n) is 4.28. The number of hydrogen-bond acceptors (Lipinski definition) is 5. The molecule has 1 heterocycles. The Morgan fingerprint density at radius 3 is 2.73 bits per heavy atom. The second-order valence-electron chi connectivity index (χ2n) is 3.01. The molecule has 0 aromatic carbocycles. The third-order valence-corrected chi connectivity index (χ3v) is 2.85. The molecule has 1 rings (SSSR count). The SMILES string of the molecule is COC(=O)C(=O)N(C)Cc1scnc1C. The van der Waals surface area contributed by atoms with Crippen LogP contribution in [0.2, 0.25) is 0 Å². The molecule has 5 nitrogen and oxygen atoms in total. The highest BCUT2D eigenvalue weighted by Gasteiger charge is 2.20. The number of likely N-dealkylation sites (N-methyl/N-ethyl adjacent to an activating group) is 1. The quantitative estimate of drug-likeness (QED) is 0.549. The number of esters is 1. The molecule has 0 radical (unpaired) electrons. The van der Waals surface area contributed by atoms with E-state index in [9.17, 15) is 9.59 Å². The predicted octanol–water partition coefficient (Wildman–Crippen LogP) is 0.583. The summed E-state index contributed by atoms with van der Waals surface area (Å²) in [6, 6.07) is 0. The minimum Gasteiger partial charge on any atom is -0.462 e. The molecule has 0 saturated carbocycles. The van der Waals surface area contributed by atoms with Gasteiger partial charge in [-0.25, -0.2) is 9.78 Å². The lowest BCUT2D eigenvalue weighted by atomic mass is 10.3. The Hall–Kier alpha value is -1.43. The van der Waals surface area contributed by atoms with Gasteiger partial charge in [-0.2, -0.15) is 0 Å². The highest BCUT2D eigenvalue weighted by Crippen LogP contribution is 2.14. The van der Waals surface area contributed by atoms with Crippen molar-refractivity contribution in [3.63, 3.8) is 0 Å². The molecular weight excluding hydrogens is 216 g/mol. The number of hydrogen-bond donors (Lipinski definition) is 0. The second kappa shape index (κ2) is 4.88. The highest BCUT2D eigenvalue weighted by molar-refractivity contribution is 7.09. The minimum absolute atomic E-state index is 0.379. The van der Waals surface area contributed by atoms with Crippen molar-refractivity contribution in [2.45, 2.75) is 13.5 Å². The zero-order valence-electron chi connectivity index (χ0n) is 8.81. The zero-order valence-corrected chi connectivity index (χ0v) is 9.63. The van der Waals surface area contributed by atoms with E-state index in [4.69, 9.17) is 0 Å². The second-order valence-corrected chi connectivity index (χ2v) is 3.95. The fourth-order valence-electron chi connectivity index (χ4n) is 1.01. The Bertz CT molecular complexity index is 375. The molecule has 0 spiro atoms. The van der Waals surface area contributed by atoms with Crippen LogP contribution in [0, 0.1) is 6.92 Å². The first kappa shape index (κ1) is 11.6. The van der Waals surface area contributed by atoms with E-state index < -0.39 is 11.9 Å². The smallest absolute Gasteiger partial charge is 0.396 e. The summed E-state index contributed by atoms with van der Waals surface area (Å²) in [4.78, 5) is 28.6. The monoisotopic (exact) mass is 228 g/mol. The minimum atomic E-state index is -0.848. The van der Waals surface area contributed by atoms with Crippen LogP contribution in [0.1, 0.15) is 10.6 Å². The molecule has 0 bridgehead atoms. The summed E-state index contributed by atoms with van der Waals surface area (Å²) in [5.41, 5.74) is 2.59. The van der Waals surface area contributed by atoms with Gasteiger partial charge < -0.3 is 9.64 Å². The van der Waals surface area contributed by atoms with Crippen LogP contribution in [0.3, 0.4) is 0 Å². The number of aryl methyl sites for hydroxylation is 1. The molecule has 6 heteroatoms. The third-order valence-electron chi connectivity index (χ3n) is 1.93. The van der Waals surface area contributed by atoms with Gasteiger partial charge in [0.25, 0.3) is 0 Å². The number of nitrogens with zero attached hydrogens (tertiary/aromatic N) is 2. The Morgan fingerprint density at radius 1 is 1.60 bits per heavy atom. The van der Waals surface area contributed by atoms with Crippen LogP contribution in [0.25, 0.3) is 0 Å². The number of thiazole rings is 1. The van der Waals surface area contributed by atoms with Crippen molar-refractivity contribution in [2.24, 2.45) is 0 Å². The maximum Gasteiger partial charge on any atom is 0.396 e. The van der Waals surface area contributed by atoms with E-state index in [1.54, 1.807) is 12.6 Å². The van der Waals surface area contributed by atoms with Crippen LogP contribution < -0.4 is 0 Å². The molecule has 0 aliphatic carbocycles. The Morgan fingerprint density at radius 2 is 2.27 bits per heavy atom. The van der Waals surface area contributed by atoms with Gasteiger partial charge in [-0.15, -0.1) is 11.3 Å². The number of methoxy groups -OCH3 is 1. The van der Waals surface area contributed by atoms with E-state index in [2.05, 4.69) is 9.72 Å². The maximum absolute atomic E-state index is 11.3. The summed E-state index contributed by atoms with van der Waals surface area (Å²) in [5, 5.41) is 0. The van der Waals surface area contributed by atoms with Crippen molar-refractivity contribution in [3.8, 4) is 0 Å². The van der Waals surface area contributed by atoms with Crippen molar-refractivity contribution in [1.82, 2.24) is 9.88 Å². The van der Waals surface area contributed by atoms with E-state index in [0.29, 0.717) is 6.54 Å². The summed E-state index contributed by atoms with van der Waals surface area (Å²) in [6.45, 7) is 2.24. The molecular formula is C9H12N2O3S. The Labute approximate surface area is 91.7 Å². The predicted molar refractivity (Wildman–Crippen MR) is 55.3 cm³/mol. The standard InChI is InChI=1S/C9H12N2O3S/c1-6-7(15-5-10-6)4-11(2)8(12)9(13)14-3/h5H,4H2,1-3H3. The molecule has 0 aliphatic heterocycles. The van der Waals surface area contributed by atoms with E-state index in [0.717, 1.165) is 10.6 Å². The summed E-state index contributed by atoms with van der Waals surface area (Å²) in [7, 11) is 2.74. The topological polar surface area (TPSA) is 59.5 Å². The van der Waals surface area contributed by atoms with E-state index in [-0.39, 0.29) is 0 Å². The number of amides is 1. The van der Waals surface area contributed by atoms with Gasteiger partial charge in [0, 0.05) is 11.9 Å². The summed E-state index contributed by atoms with van der Waals surface area (Å²) in [6.07, 6.45) is 0.